The third-order valence-electron chi connectivity index (χ3n) is 12.2. The van der Waals surface area contributed by atoms with Gasteiger partial charge in [-0.05, 0) is 0 Å². The van der Waals surface area contributed by atoms with Crippen molar-refractivity contribution in [2.75, 3.05) is 0 Å². The number of benzene rings is 6. The molecule has 6 aromatic rings. The normalized spacial score (nSPS) is 14.7. The van der Waals surface area contributed by atoms with Gasteiger partial charge in [-0.25, -0.2) is 0 Å². The Kier molecular flexibility index (Phi) is 10.2. The van der Waals surface area contributed by atoms with E-state index < -0.39 is 12.7 Å². The van der Waals surface area contributed by atoms with Crippen LogP contribution in [0.4, 0.5) is 0 Å². The molecule has 0 radical (unpaired) electrons. The molecule has 3 N–H and O–H groups in total. The van der Waals surface area contributed by atoms with E-state index >= 15 is 0 Å². The van der Waals surface area contributed by atoms with Gasteiger partial charge in [-0.2, -0.15) is 0 Å². The van der Waals surface area contributed by atoms with Crippen LogP contribution in [0.3, 0.4) is 0 Å². The van der Waals surface area contributed by atoms with Crippen molar-refractivity contribution in [3.05, 3.63) is 118 Å². The zero-order chi connectivity index (χ0) is 43.6. The first-order valence-corrected chi connectivity index (χ1v) is 23.2. The summed E-state index contributed by atoms with van der Waals surface area (Å²) in [5, 5.41) is 6.42. The summed E-state index contributed by atoms with van der Waals surface area (Å²) in [6.45, 7) is 39.8. The van der Waals surface area contributed by atoms with Crippen LogP contribution in [0.1, 0.15) is 158 Å². The van der Waals surface area contributed by atoms with Crippen LogP contribution < -0.4 is 10.6 Å². The first-order chi connectivity index (χ1) is 26.1. The van der Waals surface area contributed by atoms with Gasteiger partial charge in [-0.1, -0.05) is 0 Å². The van der Waals surface area contributed by atoms with Crippen molar-refractivity contribution in [2.24, 2.45) is 0 Å². The Hall–Kier alpha value is -3.59. The average Bonchev–Trinajstić information content (AvgIpc) is 3.06. The number of fused-ring (bicyclic) bond motifs is 3. The molecule has 6 rings (SSSR count). The van der Waals surface area contributed by atoms with Gasteiger partial charge in [0.15, 0.2) is 0 Å². The third kappa shape index (κ3) is 7.90. The summed E-state index contributed by atoms with van der Waals surface area (Å²) in [7, 11) is -5.97. The minimum atomic E-state index is -5.97. The maximum absolute atomic E-state index is 13.4. The van der Waals surface area contributed by atoms with E-state index in [1.54, 1.807) is 6.07 Å². The van der Waals surface area contributed by atoms with Crippen LogP contribution in [-0.2, 0) is 32.5 Å². The van der Waals surface area contributed by atoms with E-state index in [-0.39, 0.29) is 37.7 Å². The van der Waals surface area contributed by atoms with Crippen LogP contribution in [0.2, 0.25) is 0 Å². The van der Waals surface area contributed by atoms with Gasteiger partial charge in [0.1, 0.15) is 0 Å². The van der Waals surface area contributed by atoms with Gasteiger partial charge in [0.2, 0.25) is 0 Å². The second-order valence-electron chi connectivity index (χ2n) is 23.4. The number of hydrogen-bond acceptors (Lipinski definition) is 3. The molecule has 0 aliphatic carbocycles. The molecule has 0 bridgehead atoms. The number of rotatable bonds is 3. The molecule has 0 unspecified atom stereocenters. The van der Waals surface area contributed by atoms with Crippen molar-refractivity contribution in [3.8, 4) is 11.1 Å². The van der Waals surface area contributed by atoms with E-state index in [0.29, 0.717) is 5.56 Å². The van der Waals surface area contributed by atoms with E-state index in [1.807, 2.05) is 24.3 Å². The second kappa shape index (κ2) is 13.5. The molecule has 0 fully saturated rings. The third-order valence-corrected chi connectivity index (χ3v) is 14.7. The molecule has 0 aliphatic rings. The molecule has 0 saturated heterocycles. The Morgan fingerprint density at radius 1 is 0.345 bits per heavy atom. The zero-order valence-electron chi connectivity index (χ0n) is 38.9. The van der Waals surface area contributed by atoms with Crippen LogP contribution in [0.15, 0.2) is 84.9 Å². The quantitative estimate of drug-likeness (QED) is 0.156. The van der Waals surface area contributed by atoms with Gasteiger partial charge in [-0.3, -0.25) is 0 Å². The fourth-order valence-electron chi connectivity index (χ4n) is 8.70. The summed E-state index contributed by atoms with van der Waals surface area (Å²) in [6.07, 6.45) is 0. The molecule has 0 amide bonds. The van der Waals surface area contributed by atoms with Crippen LogP contribution in [0.5, 0.6) is 0 Å². The van der Waals surface area contributed by atoms with Gasteiger partial charge in [0.25, 0.3) is 0 Å². The molecule has 3 nitrogen and oxygen atoms in total. The Morgan fingerprint density at radius 3 is 1.22 bits per heavy atom. The van der Waals surface area contributed by atoms with Gasteiger partial charge in [0, 0.05) is 0 Å². The summed E-state index contributed by atoms with van der Waals surface area (Å²) in [6, 6.07) is 29.7. The Bertz CT molecular complexity index is 2590. The average molecular weight is 799 g/mol. The molecule has 0 aromatic heterocycles. The maximum atomic E-state index is 13.4. The molecule has 0 atom stereocenters. The first kappa shape index (κ1) is 44.0. The van der Waals surface area contributed by atoms with Gasteiger partial charge in [-0.15, -0.1) is 0 Å². The summed E-state index contributed by atoms with van der Waals surface area (Å²) in [5.41, 5.74) is 6.76. The SMILES string of the molecule is CC(C)(C)c1cc(C(C)(C)C)c2cc(-c3c(P(O)(O)(O)c4cc5c(C(C)(C)C)cc(C(C)(C)C)cc5cc4C(C)(C)C)ccc4ccccc34)c(C(C)(C)C)cc2c1. The van der Waals surface area contributed by atoms with E-state index in [4.69, 9.17) is 0 Å². The molecule has 58 heavy (non-hydrogen) atoms. The van der Waals surface area contributed by atoms with Crippen LogP contribution in [-0.4, -0.2) is 14.7 Å². The molecule has 310 valence electrons. The Balaban J connectivity index is 1.83. The minimum absolute atomic E-state index is 0.0503. The summed E-state index contributed by atoms with van der Waals surface area (Å²) in [5.74, 6) is 0. The fraction of sp³-hybridized carbons (Fsp3) is 0.444. The molecule has 4 heteroatoms. The Morgan fingerprint density at radius 2 is 0.776 bits per heavy atom. The van der Waals surface area contributed by atoms with Crippen molar-refractivity contribution in [2.45, 2.75) is 157 Å². The summed E-state index contributed by atoms with van der Waals surface area (Å²) < 4.78 is 0. The summed E-state index contributed by atoms with van der Waals surface area (Å²) >= 11 is 0. The van der Waals surface area contributed by atoms with Crippen molar-refractivity contribution in [1.29, 1.82) is 0 Å². The van der Waals surface area contributed by atoms with Crippen LogP contribution in [0.25, 0.3) is 43.4 Å². The summed E-state index contributed by atoms with van der Waals surface area (Å²) in [4.78, 5) is 40.1. The van der Waals surface area contributed by atoms with Crippen molar-refractivity contribution in [1.82, 2.24) is 0 Å². The molecule has 0 aliphatic heterocycles. The van der Waals surface area contributed by atoms with Crippen LogP contribution in [0, 0.1) is 0 Å². The monoisotopic (exact) mass is 799 g/mol. The second-order valence-corrected chi connectivity index (χ2v) is 26.3. The predicted molar refractivity (Wildman–Crippen MR) is 256 cm³/mol. The fourth-order valence-corrected chi connectivity index (χ4v) is 11.2. The molecule has 6 aromatic carbocycles. The number of hydrogen-bond donors (Lipinski definition) is 3. The van der Waals surface area contributed by atoms with Crippen molar-refractivity contribution in [3.63, 3.8) is 0 Å². The van der Waals surface area contributed by atoms with E-state index in [0.717, 1.165) is 54.6 Å². The Labute approximate surface area is 350 Å². The van der Waals surface area contributed by atoms with Crippen molar-refractivity contribution >= 4 is 50.2 Å². The first-order valence-electron chi connectivity index (χ1n) is 21.2. The van der Waals surface area contributed by atoms with Gasteiger partial charge in [0.05, 0.1) is 0 Å². The van der Waals surface area contributed by atoms with Gasteiger partial charge >= 0.3 is 351 Å². The van der Waals surface area contributed by atoms with E-state index in [1.165, 1.54) is 16.7 Å². The van der Waals surface area contributed by atoms with Crippen molar-refractivity contribution < 1.29 is 14.7 Å². The standard InChI is InChI=1S/C54H71O3P/c1-49(2,3)36-25-34-27-42(51(7,8)9)41(31-39(34)43(29-36)52(10,11)12)48-38-22-20-19-21-33(38)23-24-46(48)58(55,56,57)47-32-40-35(28-45(47)54(16,17)18)26-37(50(4,5)6)30-44(40)53(13,14)15/h19-32,55-57H,1-18H3. The molecular formula is C54H71O3P. The van der Waals surface area contributed by atoms with Gasteiger partial charge < -0.3 is 0 Å². The molecular weight excluding hydrogens is 728 g/mol. The van der Waals surface area contributed by atoms with E-state index in [9.17, 15) is 14.7 Å². The van der Waals surface area contributed by atoms with Crippen LogP contribution >= 0.6 is 7.28 Å². The zero-order valence-corrected chi connectivity index (χ0v) is 39.8. The predicted octanol–water partition coefficient (Wildman–Crippen LogP) is 13.8. The molecule has 0 heterocycles. The van der Waals surface area contributed by atoms with E-state index in [2.05, 4.69) is 179 Å². The molecule has 0 spiro atoms. The molecule has 0 saturated carbocycles. The topological polar surface area (TPSA) is 60.7 Å².